The number of carboxylic acid groups (broad SMARTS) is 2. The number of aromatic nitrogens is 2. The summed E-state index contributed by atoms with van der Waals surface area (Å²) in [6.07, 6.45) is -0.686. The normalized spacial score (nSPS) is 18.9. The van der Waals surface area contributed by atoms with Crippen molar-refractivity contribution in [3.05, 3.63) is 42.1 Å². The second-order valence-electron chi connectivity index (χ2n) is 11.5. The molecule has 16 heteroatoms. The van der Waals surface area contributed by atoms with Crippen LogP contribution < -0.4 is 5.32 Å². The van der Waals surface area contributed by atoms with Crippen LogP contribution in [0.2, 0.25) is 0 Å². The minimum absolute atomic E-state index is 0.248. The molecule has 5 rings (SSSR count). The van der Waals surface area contributed by atoms with E-state index in [2.05, 4.69) is 44.7 Å². The molecule has 2 aromatic rings. The van der Waals surface area contributed by atoms with Gasteiger partial charge in [-0.05, 0) is 68.5 Å². The van der Waals surface area contributed by atoms with Crippen molar-refractivity contribution in [1.82, 2.24) is 20.4 Å². The Morgan fingerprint density at radius 1 is 0.956 bits per heavy atom. The van der Waals surface area contributed by atoms with Crippen LogP contribution in [0.4, 0.5) is 26.3 Å². The molecular formula is C29H36F6N4O6. The molecule has 0 radical (unpaired) electrons. The third kappa shape index (κ3) is 11.3. The quantitative estimate of drug-likeness (QED) is 0.319. The fourth-order valence-corrected chi connectivity index (χ4v) is 5.71. The van der Waals surface area contributed by atoms with Crippen molar-refractivity contribution >= 4 is 17.8 Å². The van der Waals surface area contributed by atoms with E-state index in [1.807, 2.05) is 12.3 Å². The number of amides is 1. The summed E-state index contributed by atoms with van der Waals surface area (Å²) in [6.45, 7) is 4.83. The number of H-pyrrole nitrogens is 1. The van der Waals surface area contributed by atoms with Crippen molar-refractivity contribution < 1.29 is 55.7 Å². The molecule has 0 bridgehead atoms. The first-order chi connectivity index (χ1) is 21.1. The maximum atomic E-state index is 12.4. The van der Waals surface area contributed by atoms with Gasteiger partial charge in [-0.1, -0.05) is 30.3 Å². The molecule has 2 aliphatic heterocycles. The molecule has 3 aliphatic rings. The maximum absolute atomic E-state index is 12.4. The van der Waals surface area contributed by atoms with Crippen LogP contribution in [0.15, 0.2) is 36.5 Å². The van der Waals surface area contributed by atoms with Crippen LogP contribution in [0, 0.1) is 11.3 Å². The van der Waals surface area contributed by atoms with Gasteiger partial charge < -0.3 is 20.3 Å². The van der Waals surface area contributed by atoms with Gasteiger partial charge in [0.25, 0.3) is 0 Å². The Hall–Kier alpha value is -3.66. The molecule has 3 fully saturated rings. The van der Waals surface area contributed by atoms with Crippen molar-refractivity contribution in [2.75, 3.05) is 26.3 Å². The molecule has 1 aromatic carbocycles. The average molecular weight is 651 g/mol. The van der Waals surface area contributed by atoms with E-state index in [9.17, 15) is 31.1 Å². The number of hydrogen-bond donors (Lipinski definition) is 4. The number of carbonyl (C=O) groups is 3. The van der Waals surface area contributed by atoms with E-state index in [1.165, 1.54) is 24.0 Å². The fraction of sp³-hybridized carbons (Fsp3) is 0.586. The average Bonchev–Trinajstić information content (AvgIpc) is 3.42. The number of ether oxygens (including phenoxy) is 1. The first-order valence-corrected chi connectivity index (χ1v) is 14.4. The zero-order valence-corrected chi connectivity index (χ0v) is 24.3. The number of nitrogens with one attached hydrogen (secondary N) is 2. The number of alkyl halides is 6. The highest BCUT2D eigenvalue weighted by Gasteiger charge is 2.46. The van der Waals surface area contributed by atoms with E-state index in [1.54, 1.807) is 0 Å². The zero-order valence-electron chi connectivity index (χ0n) is 24.3. The van der Waals surface area contributed by atoms with E-state index < -0.39 is 24.3 Å². The lowest BCUT2D eigenvalue weighted by atomic mass is 9.60. The van der Waals surface area contributed by atoms with Crippen LogP contribution in [0.3, 0.4) is 0 Å². The summed E-state index contributed by atoms with van der Waals surface area (Å²) in [5.41, 5.74) is 4.05. The standard InChI is InChI=1S/C25H34N4O2.2C2HF3O2/c30-23(14-19-6-12-31-13-7-19)27-22-15-25(16-22)8-10-29(11-9-25)18-21-17-26-28-24(21)20-4-2-1-3-5-20;2*3-2(4,5)1(6)7/h1-5,17,19,22H,6-16,18H2,(H,26,28)(H,27,30);2*(H,6,7). The lowest BCUT2D eigenvalue weighted by Gasteiger charge is -2.52. The van der Waals surface area contributed by atoms with Gasteiger partial charge >= 0.3 is 24.3 Å². The van der Waals surface area contributed by atoms with E-state index in [-0.39, 0.29) is 5.91 Å². The monoisotopic (exact) mass is 650 g/mol. The Kier molecular flexibility index (Phi) is 12.4. The fourth-order valence-electron chi connectivity index (χ4n) is 5.71. The van der Waals surface area contributed by atoms with E-state index in [4.69, 9.17) is 24.5 Å². The second kappa shape index (κ2) is 15.6. The predicted octanol–water partition coefficient (Wildman–Crippen LogP) is 5.02. The summed E-state index contributed by atoms with van der Waals surface area (Å²) in [5, 5.41) is 25.0. The molecule has 45 heavy (non-hydrogen) atoms. The largest absolute Gasteiger partial charge is 0.490 e. The second-order valence-corrected chi connectivity index (χ2v) is 11.5. The van der Waals surface area contributed by atoms with E-state index in [0.717, 1.165) is 64.2 Å². The Labute approximate surface area is 255 Å². The topological polar surface area (TPSA) is 145 Å². The smallest absolute Gasteiger partial charge is 0.475 e. The third-order valence-corrected chi connectivity index (χ3v) is 8.11. The van der Waals surface area contributed by atoms with Gasteiger partial charge in [-0.3, -0.25) is 14.8 Å². The zero-order chi connectivity index (χ0) is 33.3. The summed E-state index contributed by atoms with van der Waals surface area (Å²) in [7, 11) is 0. The van der Waals surface area contributed by atoms with Crippen molar-refractivity contribution in [2.45, 2.75) is 69.9 Å². The number of likely N-dealkylation sites (tertiary alicyclic amines) is 1. The molecular weight excluding hydrogens is 614 g/mol. The van der Waals surface area contributed by atoms with Crippen molar-refractivity contribution in [2.24, 2.45) is 11.3 Å². The molecule has 0 unspecified atom stereocenters. The van der Waals surface area contributed by atoms with Gasteiger partial charge in [-0.25, -0.2) is 9.59 Å². The third-order valence-electron chi connectivity index (χ3n) is 8.11. The van der Waals surface area contributed by atoms with Gasteiger partial charge in [0.05, 0.1) is 11.9 Å². The number of piperidine rings is 1. The Morgan fingerprint density at radius 2 is 1.49 bits per heavy atom. The molecule has 4 N–H and O–H groups in total. The van der Waals surface area contributed by atoms with Crippen molar-refractivity contribution in [3.63, 3.8) is 0 Å². The van der Waals surface area contributed by atoms with Gasteiger partial charge in [0.1, 0.15) is 0 Å². The van der Waals surface area contributed by atoms with Crippen LogP contribution in [0.25, 0.3) is 11.3 Å². The summed E-state index contributed by atoms with van der Waals surface area (Å²) < 4.78 is 68.9. The summed E-state index contributed by atoms with van der Waals surface area (Å²) in [4.78, 5) is 32.7. The van der Waals surface area contributed by atoms with Gasteiger partial charge in [-0.2, -0.15) is 31.4 Å². The molecule has 1 amide bonds. The van der Waals surface area contributed by atoms with E-state index in [0.29, 0.717) is 23.8 Å². The van der Waals surface area contributed by atoms with Crippen LogP contribution >= 0.6 is 0 Å². The number of carbonyl (C=O) groups excluding carboxylic acids is 1. The Morgan fingerprint density at radius 3 is 2.00 bits per heavy atom. The van der Waals surface area contributed by atoms with Crippen LogP contribution in [0.1, 0.15) is 50.5 Å². The highest BCUT2D eigenvalue weighted by atomic mass is 19.4. The van der Waals surface area contributed by atoms with Gasteiger partial charge in [0.2, 0.25) is 5.91 Å². The number of aliphatic carboxylic acids is 2. The number of hydrogen-bond acceptors (Lipinski definition) is 6. The minimum atomic E-state index is -5.08. The number of halogens is 6. The number of aromatic amines is 1. The Balaban J connectivity index is 0.000000331. The van der Waals surface area contributed by atoms with Crippen molar-refractivity contribution in [1.29, 1.82) is 0 Å². The molecule has 10 nitrogen and oxygen atoms in total. The molecule has 250 valence electrons. The Bertz CT molecular complexity index is 1220. The van der Waals surface area contributed by atoms with Crippen LogP contribution in [-0.2, 0) is 25.7 Å². The lowest BCUT2D eigenvalue weighted by Crippen LogP contribution is -2.55. The number of nitrogens with zero attached hydrogens (tertiary/aromatic N) is 2. The van der Waals surface area contributed by atoms with Crippen molar-refractivity contribution in [3.8, 4) is 11.3 Å². The highest BCUT2D eigenvalue weighted by Crippen LogP contribution is 2.49. The molecule has 2 saturated heterocycles. The summed E-state index contributed by atoms with van der Waals surface area (Å²) in [5.74, 6) is -4.76. The molecule has 0 atom stereocenters. The van der Waals surface area contributed by atoms with Gasteiger partial charge in [0.15, 0.2) is 0 Å². The highest BCUT2D eigenvalue weighted by molar-refractivity contribution is 5.76. The van der Waals surface area contributed by atoms with E-state index >= 15 is 0 Å². The lowest BCUT2D eigenvalue weighted by molar-refractivity contribution is -0.193. The van der Waals surface area contributed by atoms with Crippen LogP contribution in [-0.4, -0.2) is 87.9 Å². The van der Waals surface area contributed by atoms with Crippen LogP contribution in [0.5, 0.6) is 0 Å². The first kappa shape index (κ1) is 35.8. The first-order valence-electron chi connectivity index (χ1n) is 14.4. The van der Waals surface area contributed by atoms with Gasteiger partial charge in [0, 0.05) is 37.8 Å². The molecule has 1 saturated carbocycles. The maximum Gasteiger partial charge on any atom is 0.490 e. The SMILES string of the molecule is O=C(CC1CCOCC1)NC1CC2(CCN(Cc3cn[nH]c3-c3ccccc3)CC2)C1.O=C(O)C(F)(F)F.O=C(O)C(F)(F)F. The molecule has 3 heterocycles. The summed E-state index contributed by atoms with van der Waals surface area (Å²) >= 11 is 0. The predicted molar refractivity (Wildman–Crippen MR) is 148 cm³/mol. The number of benzene rings is 1. The molecule has 1 aromatic heterocycles. The van der Waals surface area contributed by atoms with Gasteiger partial charge in [-0.15, -0.1) is 0 Å². The summed E-state index contributed by atoms with van der Waals surface area (Å²) in [6, 6.07) is 10.8. The molecule has 1 spiro atoms. The number of rotatable bonds is 6. The molecule has 1 aliphatic carbocycles. The number of carboxylic acids is 2. The minimum Gasteiger partial charge on any atom is -0.475 e.